The van der Waals surface area contributed by atoms with Crippen molar-refractivity contribution in [2.75, 3.05) is 7.11 Å². The monoisotopic (exact) mass is 256 g/mol. The van der Waals surface area contributed by atoms with Crippen LogP contribution in [0.5, 0.6) is 5.75 Å². The topological polar surface area (TPSA) is 26.5 Å². The molecule has 0 atom stereocenters. The molecule has 18 heavy (non-hydrogen) atoms. The van der Waals surface area contributed by atoms with Gasteiger partial charge in [0.1, 0.15) is 5.75 Å². The number of hydrogen-bond donors (Lipinski definition) is 0. The highest BCUT2D eigenvalue weighted by Crippen LogP contribution is 2.36. The third kappa shape index (κ3) is 1.26. The summed E-state index contributed by atoms with van der Waals surface area (Å²) in [5.41, 5.74) is 5.08. The summed E-state index contributed by atoms with van der Waals surface area (Å²) in [5, 5.41) is 2.09. The number of hydrogen-bond acceptors (Lipinski definition) is 3. The Balaban J connectivity index is 1.98. The van der Waals surface area contributed by atoms with Crippen molar-refractivity contribution in [1.82, 2.24) is 9.38 Å². The van der Waals surface area contributed by atoms with Crippen LogP contribution in [0.25, 0.3) is 16.2 Å². The van der Waals surface area contributed by atoms with E-state index in [0.29, 0.717) is 0 Å². The average molecular weight is 256 g/mol. The van der Waals surface area contributed by atoms with E-state index < -0.39 is 0 Å². The van der Waals surface area contributed by atoms with Crippen molar-refractivity contribution in [2.24, 2.45) is 0 Å². The molecule has 0 fully saturated rings. The van der Waals surface area contributed by atoms with Crippen molar-refractivity contribution in [3.8, 4) is 17.0 Å². The number of imidazole rings is 1. The minimum absolute atomic E-state index is 0.929. The van der Waals surface area contributed by atoms with E-state index in [1.165, 1.54) is 16.8 Å². The third-order valence-electron chi connectivity index (χ3n) is 3.56. The minimum atomic E-state index is 0.929. The van der Waals surface area contributed by atoms with Crippen LogP contribution < -0.4 is 4.74 Å². The first-order chi connectivity index (χ1) is 8.86. The van der Waals surface area contributed by atoms with Gasteiger partial charge >= 0.3 is 0 Å². The molecule has 1 aliphatic carbocycles. The lowest BCUT2D eigenvalue weighted by Gasteiger charge is -2.16. The van der Waals surface area contributed by atoms with Crippen LogP contribution in [0.4, 0.5) is 0 Å². The number of ether oxygens (including phenoxy) is 1. The number of aromatic nitrogens is 2. The number of nitrogens with zero attached hydrogens (tertiary/aromatic N) is 2. The van der Waals surface area contributed by atoms with Crippen LogP contribution >= 0.6 is 11.3 Å². The Bertz CT molecular complexity index is 741. The lowest BCUT2D eigenvalue weighted by Crippen LogP contribution is -2.05. The van der Waals surface area contributed by atoms with Gasteiger partial charge in [0.15, 0.2) is 4.96 Å². The zero-order valence-corrected chi connectivity index (χ0v) is 10.8. The first-order valence-electron chi connectivity index (χ1n) is 5.98. The second-order valence-corrected chi connectivity index (χ2v) is 5.36. The molecule has 1 aromatic carbocycles. The molecule has 2 heterocycles. The van der Waals surface area contributed by atoms with Crippen LogP contribution in [0, 0.1) is 0 Å². The number of thiazole rings is 1. The molecule has 90 valence electrons. The second kappa shape index (κ2) is 3.59. The van der Waals surface area contributed by atoms with Crippen molar-refractivity contribution >= 4 is 16.3 Å². The van der Waals surface area contributed by atoms with Gasteiger partial charge in [0, 0.05) is 17.1 Å². The number of rotatable bonds is 1. The van der Waals surface area contributed by atoms with Crippen molar-refractivity contribution in [1.29, 1.82) is 0 Å². The smallest absolute Gasteiger partial charge is 0.194 e. The van der Waals surface area contributed by atoms with E-state index in [4.69, 9.17) is 9.72 Å². The van der Waals surface area contributed by atoms with Gasteiger partial charge in [-0.25, -0.2) is 4.98 Å². The molecule has 4 heteroatoms. The number of methoxy groups -OCH3 is 1. The Kier molecular flexibility index (Phi) is 2.02. The molecule has 0 spiro atoms. The first kappa shape index (κ1) is 10.1. The standard InChI is InChI=1S/C14H12N2OS/c1-17-10-3-4-11-9(8-10)2-5-12-13(11)15-14-16(12)6-7-18-14/h3-4,6-8H,2,5H2,1H3. The highest BCUT2D eigenvalue weighted by Gasteiger charge is 2.22. The Morgan fingerprint density at radius 1 is 1.33 bits per heavy atom. The Morgan fingerprint density at radius 2 is 2.28 bits per heavy atom. The summed E-state index contributed by atoms with van der Waals surface area (Å²) in [4.78, 5) is 5.84. The fraction of sp³-hybridized carbons (Fsp3) is 0.214. The Labute approximate surface area is 109 Å². The van der Waals surface area contributed by atoms with Crippen molar-refractivity contribution < 1.29 is 4.74 Å². The van der Waals surface area contributed by atoms with E-state index in [0.717, 1.165) is 29.2 Å². The van der Waals surface area contributed by atoms with Gasteiger partial charge in [0.25, 0.3) is 0 Å². The van der Waals surface area contributed by atoms with E-state index in [1.54, 1.807) is 18.4 Å². The van der Waals surface area contributed by atoms with Gasteiger partial charge in [-0.15, -0.1) is 11.3 Å². The van der Waals surface area contributed by atoms with Gasteiger partial charge in [0.2, 0.25) is 0 Å². The van der Waals surface area contributed by atoms with Gasteiger partial charge in [-0.1, -0.05) is 0 Å². The van der Waals surface area contributed by atoms with Gasteiger partial charge in [-0.05, 0) is 36.6 Å². The molecule has 0 saturated heterocycles. The highest BCUT2D eigenvalue weighted by molar-refractivity contribution is 7.15. The molecule has 3 nitrogen and oxygen atoms in total. The van der Waals surface area contributed by atoms with E-state index in [9.17, 15) is 0 Å². The molecule has 0 amide bonds. The zero-order valence-electron chi connectivity index (χ0n) is 10.0. The second-order valence-electron chi connectivity index (χ2n) is 4.49. The molecular weight excluding hydrogens is 244 g/mol. The van der Waals surface area contributed by atoms with E-state index in [2.05, 4.69) is 28.1 Å². The molecule has 0 unspecified atom stereocenters. The van der Waals surface area contributed by atoms with E-state index in [-0.39, 0.29) is 0 Å². The maximum absolute atomic E-state index is 5.29. The van der Waals surface area contributed by atoms with Crippen molar-refractivity contribution in [3.05, 3.63) is 41.0 Å². The molecule has 0 saturated carbocycles. The Morgan fingerprint density at radius 3 is 3.17 bits per heavy atom. The largest absolute Gasteiger partial charge is 0.497 e. The fourth-order valence-corrected chi connectivity index (χ4v) is 3.41. The predicted molar refractivity (Wildman–Crippen MR) is 72.5 cm³/mol. The van der Waals surface area contributed by atoms with Crippen LogP contribution in [0.2, 0.25) is 0 Å². The summed E-state index contributed by atoms with van der Waals surface area (Å²) < 4.78 is 7.50. The van der Waals surface area contributed by atoms with E-state index >= 15 is 0 Å². The van der Waals surface area contributed by atoms with Crippen LogP contribution in [-0.4, -0.2) is 16.5 Å². The number of aryl methyl sites for hydroxylation is 2. The lowest BCUT2D eigenvalue weighted by atomic mass is 9.92. The van der Waals surface area contributed by atoms with Gasteiger partial charge in [-0.2, -0.15) is 0 Å². The fourth-order valence-electron chi connectivity index (χ4n) is 2.68. The normalized spacial score (nSPS) is 13.4. The molecule has 4 rings (SSSR count). The molecular formula is C14H12N2OS. The molecule has 2 aromatic heterocycles. The summed E-state index contributed by atoms with van der Waals surface area (Å²) in [7, 11) is 1.71. The van der Waals surface area contributed by atoms with Crippen molar-refractivity contribution in [3.63, 3.8) is 0 Å². The van der Waals surface area contributed by atoms with E-state index in [1.807, 2.05) is 6.07 Å². The summed E-state index contributed by atoms with van der Waals surface area (Å²) in [6, 6.07) is 6.27. The van der Waals surface area contributed by atoms with Gasteiger partial charge in [0.05, 0.1) is 18.5 Å². The van der Waals surface area contributed by atoms with Gasteiger partial charge < -0.3 is 4.74 Å². The number of fused-ring (bicyclic) bond motifs is 5. The minimum Gasteiger partial charge on any atom is -0.497 e. The van der Waals surface area contributed by atoms with Gasteiger partial charge in [-0.3, -0.25) is 4.40 Å². The van der Waals surface area contributed by atoms with Crippen molar-refractivity contribution in [2.45, 2.75) is 12.8 Å². The maximum atomic E-state index is 5.29. The summed E-state index contributed by atoms with van der Waals surface area (Å²) >= 11 is 1.69. The SMILES string of the molecule is COc1ccc2c(c1)CCc1c-2nc2sccn12. The quantitative estimate of drug-likeness (QED) is 0.668. The molecule has 0 aliphatic heterocycles. The van der Waals surface area contributed by atoms with Crippen LogP contribution in [0.15, 0.2) is 29.8 Å². The highest BCUT2D eigenvalue weighted by atomic mass is 32.1. The van der Waals surface area contributed by atoms with Crippen LogP contribution in [0.3, 0.4) is 0 Å². The summed E-state index contributed by atoms with van der Waals surface area (Å²) in [6.45, 7) is 0. The first-order valence-corrected chi connectivity index (χ1v) is 6.86. The molecule has 0 N–H and O–H groups in total. The zero-order chi connectivity index (χ0) is 12.1. The maximum Gasteiger partial charge on any atom is 0.194 e. The molecule has 1 aliphatic rings. The third-order valence-corrected chi connectivity index (χ3v) is 4.32. The number of benzene rings is 1. The molecule has 0 radical (unpaired) electrons. The Hall–Kier alpha value is -1.81. The average Bonchev–Trinajstić information content (AvgIpc) is 2.98. The molecule has 0 bridgehead atoms. The summed E-state index contributed by atoms with van der Waals surface area (Å²) in [5.74, 6) is 0.929. The van der Waals surface area contributed by atoms with Crippen LogP contribution in [0.1, 0.15) is 11.3 Å². The molecule has 3 aromatic rings. The van der Waals surface area contributed by atoms with Crippen LogP contribution in [-0.2, 0) is 12.8 Å². The summed E-state index contributed by atoms with van der Waals surface area (Å²) in [6.07, 6.45) is 4.22. The predicted octanol–water partition coefficient (Wildman–Crippen LogP) is 3.17. The lowest BCUT2D eigenvalue weighted by molar-refractivity contribution is 0.414.